The van der Waals surface area contributed by atoms with Crippen LogP contribution in [-0.2, 0) is 4.79 Å². The first-order valence-corrected chi connectivity index (χ1v) is 6.94. The Labute approximate surface area is 109 Å². The Morgan fingerprint density at radius 3 is 2.89 bits per heavy atom. The quantitative estimate of drug-likeness (QED) is 0.705. The van der Waals surface area contributed by atoms with Gasteiger partial charge in [0, 0.05) is 26.1 Å². The Morgan fingerprint density at radius 2 is 2.22 bits per heavy atom. The Balaban J connectivity index is 2.28. The molecule has 1 unspecified atom stereocenters. The Bertz CT molecular complexity index is 281. The van der Waals surface area contributed by atoms with Crippen LogP contribution in [0.3, 0.4) is 0 Å². The van der Waals surface area contributed by atoms with Crippen molar-refractivity contribution in [2.75, 3.05) is 19.6 Å². The molecule has 0 aromatic rings. The van der Waals surface area contributed by atoms with Crippen molar-refractivity contribution < 1.29 is 9.59 Å². The number of hydrogen-bond acceptors (Lipinski definition) is 2. The molecule has 1 fully saturated rings. The van der Waals surface area contributed by atoms with Gasteiger partial charge < -0.3 is 16.0 Å². The second-order valence-corrected chi connectivity index (χ2v) is 5.04. The van der Waals surface area contributed by atoms with Gasteiger partial charge in [-0.25, -0.2) is 4.79 Å². The summed E-state index contributed by atoms with van der Waals surface area (Å²) in [4.78, 5) is 24.5. The van der Waals surface area contributed by atoms with E-state index in [4.69, 9.17) is 5.73 Å². The maximum atomic E-state index is 11.9. The molecule has 5 nitrogen and oxygen atoms in total. The minimum atomic E-state index is -0.250. The molecule has 3 amide bonds. The van der Waals surface area contributed by atoms with Gasteiger partial charge in [0.25, 0.3) is 0 Å². The molecule has 0 aromatic carbocycles. The third-order valence-corrected chi connectivity index (χ3v) is 3.41. The summed E-state index contributed by atoms with van der Waals surface area (Å²) in [6, 6.07) is 0.0345. The fraction of sp³-hybridized carbons (Fsp3) is 0.846. The monoisotopic (exact) mass is 255 g/mol. The maximum absolute atomic E-state index is 11.9. The lowest BCUT2D eigenvalue weighted by atomic mass is 9.93. The minimum absolute atomic E-state index is 0.0345. The van der Waals surface area contributed by atoms with Gasteiger partial charge in [-0.3, -0.25) is 4.79 Å². The zero-order valence-corrected chi connectivity index (χ0v) is 11.3. The topological polar surface area (TPSA) is 75.4 Å². The van der Waals surface area contributed by atoms with Crippen LogP contribution in [0, 0.1) is 5.92 Å². The highest BCUT2D eigenvalue weighted by molar-refractivity contribution is 5.74. The van der Waals surface area contributed by atoms with Gasteiger partial charge in [0.05, 0.1) is 0 Å². The first-order valence-electron chi connectivity index (χ1n) is 6.94. The van der Waals surface area contributed by atoms with E-state index in [-0.39, 0.29) is 11.9 Å². The van der Waals surface area contributed by atoms with E-state index in [9.17, 15) is 9.59 Å². The number of carbonyl (C=O) groups is 2. The van der Waals surface area contributed by atoms with E-state index in [1.165, 1.54) is 0 Å². The van der Waals surface area contributed by atoms with E-state index in [2.05, 4.69) is 12.2 Å². The maximum Gasteiger partial charge on any atom is 0.317 e. The normalized spacial score (nSPS) is 19.6. The zero-order chi connectivity index (χ0) is 13.4. The van der Waals surface area contributed by atoms with E-state index in [0.29, 0.717) is 12.3 Å². The molecule has 1 heterocycles. The highest BCUT2D eigenvalue weighted by Gasteiger charge is 2.23. The molecule has 1 aliphatic rings. The van der Waals surface area contributed by atoms with Gasteiger partial charge in [-0.15, -0.1) is 0 Å². The molecule has 1 aliphatic heterocycles. The molecule has 18 heavy (non-hydrogen) atoms. The second kappa shape index (κ2) is 7.95. The number of unbranched alkanes of at least 4 members (excludes halogenated alkanes) is 1. The third kappa shape index (κ3) is 5.38. The van der Waals surface area contributed by atoms with Crippen molar-refractivity contribution in [2.45, 2.75) is 45.4 Å². The molecule has 0 aromatic heterocycles. The highest BCUT2D eigenvalue weighted by atomic mass is 16.2. The molecule has 104 valence electrons. The van der Waals surface area contributed by atoms with Gasteiger partial charge >= 0.3 is 6.03 Å². The van der Waals surface area contributed by atoms with Crippen molar-refractivity contribution >= 4 is 11.9 Å². The summed E-state index contributed by atoms with van der Waals surface area (Å²) in [7, 11) is 0. The number of primary amides is 1. The van der Waals surface area contributed by atoms with Crippen LogP contribution in [0.25, 0.3) is 0 Å². The van der Waals surface area contributed by atoms with Crippen LogP contribution < -0.4 is 11.1 Å². The van der Waals surface area contributed by atoms with Crippen LogP contribution in [0.2, 0.25) is 0 Å². The van der Waals surface area contributed by atoms with Crippen molar-refractivity contribution in [3.63, 3.8) is 0 Å². The number of amides is 3. The molecule has 1 rings (SSSR count). The predicted octanol–water partition coefficient (Wildman–Crippen LogP) is 1.47. The molecular formula is C13H25N3O2. The van der Waals surface area contributed by atoms with Crippen LogP contribution in [0.4, 0.5) is 4.79 Å². The standard InChI is InChI=1S/C13H25N3O2/c1-2-3-8-15-13(18)16-9-4-5-11(10-16)6-7-12(14)17/h11H,2-10H2,1H3,(H2,14,17)(H,15,18). The lowest BCUT2D eigenvalue weighted by Gasteiger charge is -2.32. The van der Waals surface area contributed by atoms with Crippen LogP contribution >= 0.6 is 0 Å². The minimum Gasteiger partial charge on any atom is -0.370 e. The lowest BCUT2D eigenvalue weighted by Crippen LogP contribution is -2.45. The molecule has 3 N–H and O–H groups in total. The smallest absolute Gasteiger partial charge is 0.317 e. The first kappa shape index (κ1) is 14.8. The van der Waals surface area contributed by atoms with Crippen molar-refractivity contribution in [3.05, 3.63) is 0 Å². The second-order valence-electron chi connectivity index (χ2n) is 5.04. The van der Waals surface area contributed by atoms with Gasteiger partial charge in [0.2, 0.25) is 5.91 Å². The van der Waals surface area contributed by atoms with Gasteiger partial charge in [-0.05, 0) is 31.6 Å². The molecule has 0 radical (unpaired) electrons. The van der Waals surface area contributed by atoms with E-state index in [1.54, 1.807) is 0 Å². The van der Waals surface area contributed by atoms with Gasteiger partial charge in [0.15, 0.2) is 0 Å². The largest absolute Gasteiger partial charge is 0.370 e. The van der Waals surface area contributed by atoms with E-state index in [1.807, 2.05) is 4.90 Å². The molecular weight excluding hydrogens is 230 g/mol. The van der Waals surface area contributed by atoms with Crippen LogP contribution in [0.5, 0.6) is 0 Å². The van der Waals surface area contributed by atoms with E-state index < -0.39 is 0 Å². The van der Waals surface area contributed by atoms with Crippen LogP contribution in [-0.4, -0.2) is 36.5 Å². The summed E-state index contributed by atoms with van der Waals surface area (Å²) in [6.07, 6.45) is 5.44. The predicted molar refractivity (Wildman–Crippen MR) is 71.0 cm³/mol. The fourth-order valence-electron chi connectivity index (χ4n) is 2.32. The average molecular weight is 255 g/mol. The van der Waals surface area contributed by atoms with Gasteiger partial charge in [-0.1, -0.05) is 13.3 Å². The Morgan fingerprint density at radius 1 is 1.44 bits per heavy atom. The summed E-state index contributed by atoms with van der Waals surface area (Å²) in [5.74, 6) is 0.169. The number of urea groups is 1. The van der Waals surface area contributed by atoms with Crippen LogP contribution in [0.15, 0.2) is 0 Å². The van der Waals surface area contributed by atoms with E-state index >= 15 is 0 Å². The SMILES string of the molecule is CCCCNC(=O)N1CCCC(CCC(N)=O)C1. The summed E-state index contributed by atoms with van der Waals surface area (Å²) < 4.78 is 0. The highest BCUT2D eigenvalue weighted by Crippen LogP contribution is 2.20. The molecule has 1 atom stereocenters. The number of carbonyl (C=O) groups excluding carboxylic acids is 2. The fourth-order valence-corrected chi connectivity index (χ4v) is 2.32. The zero-order valence-electron chi connectivity index (χ0n) is 11.3. The lowest BCUT2D eigenvalue weighted by molar-refractivity contribution is -0.118. The molecule has 0 spiro atoms. The average Bonchev–Trinajstić information content (AvgIpc) is 2.37. The number of nitrogens with two attached hydrogens (primary N) is 1. The summed E-state index contributed by atoms with van der Waals surface area (Å²) >= 11 is 0. The molecule has 1 saturated heterocycles. The molecule has 0 bridgehead atoms. The number of hydrogen-bond donors (Lipinski definition) is 2. The van der Waals surface area contributed by atoms with Crippen molar-refractivity contribution in [1.29, 1.82) is 0 Å². The first-order chi connectivity index (χ1) is 8.63. The number of piperidine rings is 1. The number of rotatable bonds is 6. The van der Waals surface area contributed by atoms with Crippen molar-refractivity contribution in [2.24, 2.45) is 11.7 Å². The third-order valence-electron chi connectivity index (χ3n) is 3.41. The van der Waals surface area contributed by atoms with E-state index in [0.717, 1.165) is 51.7 Å². The van der Waals surface area contributed by atoms with Crippen LogP contribution in [0.1, 0.15) is 45.4 Å². The summed E-state index contributed by atoms with van der Waals surface area (Å²) in [6.45, 7) is 4.43. The molecule has 0 aliphatic carbocycles. The Hall–Kier alpha value is -1.26. The van der Waals surface area contributed by atoms with Crippen molar-refractivity contribution in [3.8, 4) is 0 Å². The number of nitrogens with one attached hydrogen (secondary N) is 1. The summed E-state index contributed by atoms with van der Waals surface area (Å²) in [5, 5.41) is 2.93. The Kier molecular flexibility index (Phi) is 6.54. The van der Waals surface area contributed by atoms with Crippen molar-refractivity contribution in [1.82, 2.24) is 10.2 Å². The molecule has 5 heteroatoms. The van der Waals surface area contributed by atoms with Gasteiger partial charge in [0.1, 0.15) is 0 Å². The number of nitrogens with zero attached hydrogens (tertiary/aromatic N) is 1. The van der Waals surface area contributed by atoms with Gasteiger partial charge in [-0.2, -0.15) is 0 Å². The number of likely N-dealkylation sites (tertiary alicyclic amines) is 1. The summed E-state index contributed by atoms with van der Waals surface area (Å²) in [5.41, 5.74) is 5.15. The molecule has 0 saturated carbocycles.